The van der Waals surface area contributed by atoms with E-state index in [1.165, 1.54) is 30.6 Å². The summed E-state index contributed by atoms with van der Waals surface area (Å²) in [6, 6.07) is 3.28. The molecule has 0 spiro atoms. The fourth-order valence-electron chi connectivity index (χ4n) is 3.89. The summed E-state index contributed by atoms with van der Waals surface area (Å²) >= 11 is 0. The van der Waals surface area contributed by atoms with Gasteiger partial charge < -0.3 is 24.1 Å². The number of hydrogen-bond acceptors (Lipinski definition) is 7. The predicted octanol–water partition coefficient (Wildman–Crippen LogP) is 3.33. The molecule has 3 heterocycles. The molecule has 34 heavy (non-hydrogen) atoms. The number of nitrogens with one attached hydrogen (secondary N) is 1. The molecule has 1 amide bonds. The van der Waals surface area contributed by atoms with Gasteiger partial charge in [0.15, 0.2) is 0 Å². The van der Waals surface area contributed by atoms with Gasteiger partial charge in [0.2, 0.25) is 0 Å². The Labute approximate surface area is 193 Å². The topological polar surface area (TPSA) is 100 Å². The number of alkyl halides is 3. The standard InChI is InChI=1S/C22H24F3N5O4/c1-13-11-27-16(12-26-13)21(31)29-19(18-4-3-8-33-18)20-28-15-10-14(34-22(23,24)25)5-6-17(15)30(20)7-9-32-2/h5-6,10-12,18-19H,3-4,7-9H2,1-2H3,(H,29,31)/t18-,19-/m0/s1. The Morgan fingerprint density at radius 3 is 2.79 bits per heavy atom. The van der Waals surface area contributed by atoms with Crippen LogP contribution in [0.4, 0.5) is 13.2 Å². The van der Waals surface area contributed by atoms with Crippen molar-refractivity contribution in [1.29, 1.82) is 0 Å². The molecule has 1 aliphatic heterocycles. The molecule has 182 valence electrons. The van der Waals surface area contributed by atoms with E-state index in [1.807, 2.05) is 4.57 Å². The molecular weight excluding hydrogens is 455 g/mol. The van der Waals surface area contributed by atoms with Crippen LogP contribution in [0.2, 0.25) is 0 Å². The first-order chi connectivity index (χ1) is 16.2. The van der Waals surface area contributed by atoms with Crippen LogP contribution in [0.5, 0.6) is 5.75 Å². The highest BCUT2D eigenvalue weighted by Gasteiger charge is 2.34. The van der Waals surface area contributed by atoms with Crippen LogP contribution in [0.1, 0.15) is 40.9 Å². The van der Waals surface area contributed by atoms with Crippen LogP contribution >= 0.6 is 0 Å². The molecule has 2 aromatic heterocycles. The Morgan fingerprint density at radius 1 is 1.32 bits per heavy atom. The number of halogens is 3. The molecule has 9 nitrogen and oxygen atoms in total. The van der Waals surface area contributed by atoms with Crippen LogP contribution in [0, 0.1) is 6.92 Å². The van der Waals surface area contributed by atoms with Crippen LogP contribution in [-0.2, 0) is 16.0 Å². The number of carbonyl (C=O) groups excluding carboxylic acids is 1. The summed E-state index contributed by atoms with van der Waals surface area (Å²) in [7, 11) is 1.55. The summed E-state index contributed by atoms with van der Waals surface area (Å²) in [5, 5.41) is 2.94. The average Bonchev–Trinajstić information content (AvgIpc) is 3.43. The number of nitrogens with zero attached hydrogens (tertiary/aromatic N) is 4. The molecule has 1 saturated heterocycles. The van der Waals surface area contributed by atoms with E-state index in [2.05, 4.69) is 25.0 Å². The Bertz CT molecular complexity index is 1140. The zero-order chi connectivity index (χ0) is 24.3. The first-order valence-electron chi connectivity index (χ1n) is 10.7. The number of ether oxygens (including phenoxy) is 3. The number of amides is 1. The SMILES string of the molecule is COCCn1c([C@@H](NC(=O)c2cnc(C)cn2)[C@@H]2CCCO2)nc2cc(OC(F)(F)F)ccc21. The number of hydrogen-bond donors (Lipinski definition) is 1. The van der Waals surface area contributed by atoms with Crippen molar-refractivity contribution in [2.45, 2.75) is 44.8 Å². The van der Waals surface area contributed by atoms with E-state index in [1.54, 1.807) is 14.0 Å². The minimum atomic E-state index is -4.82. The molecule has 1 aliphatic rings. The number of rotatable bonds is 8. The van der Waals surface area contributed by atoms with Crippen LogP contribution in [0.25, 0.3) is 11.0 Å². The number of methoxy groups -OCH3 is 1. The van der Waals surface area contributed by atoms with Gasteiger partial charge in [-0.25, -0.2) is 9.97 Å². The van der Waals surface area contributed by atoms with Crippen molar-refractivity contribution in [3.05, 3.63) is 47.8 Å². The van der Waals surface area contributed by atoms with E-state index >= 15 is 0 Å². The lowest BCUT2D eigenvalue weighted by atomic mass is 10.1. The van der Waals surface area contributed by atoms with Gasteiger partial charge in [-0.1, -0.05) is 0 Å². The molecule has 0 radical (unpaired) electrons. The second-order valence-electron chi connectivity index (χ2n) is 7.86. The summed E-state index contributed by atoms with van der Waals surface area (Å²) < 4.78 is 55.1. The molecule has 4 rings (SSSR count). The molecule has 1 fully saturated rings. The normalized spacial score (nSPS) is 17.1. The summed E-state index contributed by atoms with van der Waals surface area (Å²) in [5.41, 5.74) is 1.67. The third-order valence-corrected chi connectivity index (χ3v) is 5.42. The van der Waals surface area contributed by atoms with Crippen molar-refractivity contribution in [1.82, 2.24) is 24.8 Å². The van der Waals surface area contributed by atoms with E-state index in [-0.39, 0.29) is 17.5 Å². The third-order valence-electron chi connectivity index (χ3n) is 5.42. The number of aromatic nitrogens is 4. The molecule has 2 atom stereocenters. The Kier molecular flexibility index (Phi) is 6.98. The number of benzene rings is 1. The Balaban J connectivity index is 1.74. The monoisotopic (exact) mass is 479 g/mol. The lowest BCUT2D eigenvalue weighted by Crippen LogP contribution is -2.38. The fourth-order valence-corrected chi connectivity index (χ4v) is 3.89. The van der Waals surface area contributed by atoms with Crippen molar-refractivity contribution in [3.8, 4) is 5.75 Å². The highest BCUT2D eigenvalue weighted by molar-refractivity contribution is 5.92. The number of imidazole rings is 1. The summed E-state index contributed by atoms with van der Waals surface area (Å²) in [4.78, 5) is 25.8. The molecule has 0 saturated carbocycles. The number of fused-ring (bicyclic) bond motifs is 1. The van der Waals surface area contributed by atoms with Gasteiger partial charge in [-0.05, 0) is 31.9 Å². The minimum Gasteiger partial charge on any atom is -0.406 e. The summed E-state index contributed by atoms with van der Waals surface area (Å²) in [6.07, 6.45) is -0.827. The van der Waals surface area contributed by atoms with Gasteiger partial charge in [0, 0.05) is 32.5 Å². The molecular formula is C22H24F3N5O4. The van der Waals surface area contributed by atoms with Gasteiger partial charge in [0.05, 0.1) is 35.6 Å². The van der Waals surface area contributed by atoms with E-state index in [0.29, 0.717) is 48.7 Å². The maximum atomic E-state index is 13.0. The van der Waals surface area contributed by atoms with E-state index in [4.69, 9.17) is 9.47 Å². The van der Waals surface area contributed by atoms with E-state index in [9.17, 15) is 18.0 Å². The van der Waals surface area contributed by atoms with Gasteiger partial charge in [0.25, 0.3) is 5.91 Å². The van der Waals surface area contributed by atoms with Gasteiger partial charge in [-0.3, -0.25) is 9.78 Å². The Hall–Kier alpha value is -3.25. The van der Waals surface area contributed by atoms with Gasteiger partial charge in [-0.15, -0.1) is 13.2 Å². The van der Waals surface area contributed by atoms with Crippen molar-refractivity contribution in [2.75, 3.05) is 20.3 Å². The fraction of sp³-hybridized carbons (Fsp3) is 0.455. The lowest BCUT2D eigenvalue weighted by Gasteiger charge is -2.24. The maximum absolute atomic E-state index is 13.0. The summed E-state index contributed by atoms with van der Waals surface area (Å²) in [5.74, 6) is -0.397. The molecule has 12 heteroatoms. The average molecular weight is 479 g/mol. The zero-order valence-electron chi connectivity index (χ0n) is 18.6. The number of carbonyl (C=O) groups is 1. The molecule has 1 N–H and O–H groups in total. The largest absolute Gasteiger partial charge is 0.573 e. The van der Waals surface area contributed by atoms with Crippen molar-refractivity contribution in [3.63, 3.8) is 0 Å². The van der Waals surface area contributed by atoms with Gasteiger partial charge in [0.1, 0.15) is 23.3 Å². The second kappa shape index (κ2) is 9.94. The Morgan fingerprint density at radius 2 is 2.15 bits per heavy atom. The molecule has 1 aromatic carbocycles. The van der Waals surface area contributed by atoms with Crippen LogP contribution < -0.4 is 10.1 Å². The number of aryl methyl sites for hydroxylation is 1. The minimum absolute atomic E-state index is 0.133. The lowest BCUT2D eigenvalue weighted by molar-refractivity contribution is -0.274. The van der Waals surface area contributed by atoms with E-state index < -0.39 is 18.3 Å². The van der Waals surface area contributed by atoms with E-state index in [0.717, 1.165) is 6.42 Å². The molecule has 0 aliphatic carbocycles. The van der Waals surface area contributed by atoms with Crippen LogP contribution in [0.3, 0.4) is 0 Å². The molecule has 0 bridgehead atoms. The van der Waals surface area contributed by atoms with Crippen molar-refractivity contribution >= 4 is 16.9 Å². The molecule has 0 unspecified atom stereocenters. The highest BCUT2D eigenvalue weighted by Crippen LogP contribution is 2.32. The van der Waals surface area contributed by atoms with Gasteiger partial charge >= 0.3 is 6.36 Å². The second-order valence-corrected chi connectivity index (χ2v) is 7.86. The third kappa shape index (κ3) is 5.45. The van der Waals surface area contributed by atoms with Crippen LogP contribution in [-0.4, -0.2) is 58.2 Å². The predicted molar refractivity (Wildman–Crippen MR) is 114 cm³/mol. The maximum Gasteiger partial charge on any atom is 0.573 e. The van der Waals surface area contributed by atoms with Crippen molar-refractivity contribution in [2.24, 2.45) is 0 Å². The quantitative estimate of drug-likeness (QED) is 0.529. The van der Waals surface area contributed by atoms with Crippen molar-refractivity contribution < 1.29 is 32.2 Å². The van der Waals surface area contributed by atoms with Crippen LogP contribution in [0.15, 0.2) is 30.6 Å². The highest BCUT2D eigenvalue weighted by atomic mass is 19.4. The van der Waals surface area contributed by atoms with Gasteiger partial charge in [-0.2, -0.15) is 0 Å². The summed E-state index contributed by atoms with van der Waals surface area (Å²) in [6.45, 7) is 2.99. The first-order valence-corrected chi connectivity index (χ1v) is 10.7. The first kappa shape index (κ1) is 23.9. The zero-order valence-corrected chi connectivity index (χ0v) is 18.6. The smallest absolute Gasteiger partial charge is 0.406 e. The molecule has 3 aromatic rings.